The number of halogens is 3. The Morgan fingerprint density at radius 3 is 2.43 bits per heavy atom. The van der Waals surface area contributed by atoms with Crippen LogP contribution in [0, 0.1) is 0 Å². The number of fused-ring (bicyclic) bond motifs is 4. The predicted octanol–water partition coefficient (Wildman–Crippen LogP) is 3.04. The van der Waals surface area contributed by atoms with Gasteiger partial charge in [-0.2, -0.15) is 26.7 Å². The Bertz CT molecular complexity index is 889. The number of alkyl halides is 3. The van der Waals surface area contributed by atoms with E-state index in [0.29, 0.717) is 18.5 Å². The van der Waals surface area contributed by atoms with Crippen LogP contribution in [-0.2, 0) is 28.3 Å². The van der Waals surface area contributed by atoms with Crippen LogP contribution in [0.15, 0.2) is 0 Å². The van der Waals surface area contributed by atoms with Gasteiger partial charge in [-0.05, 0) is 40.0 Å². The lowest BCUT2D eigenvalue weighted by Gasteiger charge is -2.45. The van der Waals surface area contributed by atoms with Crippen molar-refractivity contribution in [2.75, 3.05) is 0 Å². The molecular weight excluding hydrogens is 403 g/mol. The van der Waals surface area contributed by atoms with E-state index in [1.54, 1.807) is 25.7 Å². The van der Waals surface area contributed by atoms with Crippen LogP contribution >= 0.6 is 0 Å². The third-order valence-corrected chi connectivity index (χ3v) is 5.64. The largest absolute Gasteiger partial charge is 0.534 e. The molecule has 0 aromatic carbocycles. The van der Waals surface area contributed by atoms with Crippen LogP contribution in [0.5, 0.6) is 5.88 Å². The number of ether oxygens (including phenoxy) is 1. The second-order valence-corrected chi connectivity index (χ2v) is 9.51. The number of piperidine rings is 1. The topological polar surface area (TPSA) is 90.7 Å². The maximum absolute atomic E-state index is 12.7. The molecule has 3 rings (SSSR count). The molecule has 2 aliphatic rings. The fraction of sp³-hybridized carbons (Fsp3) is 0.750. The first kappa shape index (κ1) is 20.7. The van der Waals surface area contributed by atoms with Gasteiger partial charge in [0.25, 0.3) is 0 Å². The Morgan fingerprint density at radius 1 is 1.21 bits per heavy atom. The molecule has 2 bridgehead atoms. The van der Waals surface area contributed by atoms with Crippen molar-refractivity contribution in [1.29, 1.82) is 0 Å². The van der Waals surface area contributed by atoms with Gasteiger partial charge < -0.3 is 8.92 Å². The average Bonchev–Trinajstić information content (AvgIpc) is 2.80. The molecule has 12 heteroatoms. The molecule has 0 saturated carbocycles. The van der Waals surface area contributed by atoms with E-state index in [0.717, 1.165) is 11.1 Å². The third kappa shape index (κ3) is 3.65. The number of carbonyl (C=O) groups is 1. The van der Waals surface area contributed by atoms with Gasteiger partial charge in [-0.1, -0.05) is 0 Å². The average molecular weight is 425 g/mol. The zero-order valence-electron chi connectivity index (χ0n) is 15.9. The summed E-state index contributed by atoms with van der Waals surface area (Å²) in [5, 5.41) is 4.18. The van der Waals surface area contributed by atoms with Crippen molar-refractivity contribution in [3.63, 3.8) is 0 Å². The van der Waals surface area contributed by atoms with E-state index >= 15 is 0 Å². The maximum atomic E-state index is 12.7. The van der Waals surface area contributed by atoms with Crippen LogP contribution < -0.4 is 4.18 Å². The van der Waals surface area contributed by atoms with E-state index in [1.165, 1.54) is 7.05 Å². The van der Waals surface area contributed by atoms with Crippen LogP contribution in [0.25, 0.3) is 0 Å². The summed E-state index contributed by atoms with van der Waals surface area (Å²) >= 11 is 0. The van der Waals surface area contributed by atoms with Crippen molar-refractivity contribution >= 4 is 16.2 Å². The highest BCUT2D eigenvalue weighted by molar-refractivity contribution is 7.87. The van der Waals surface area contributed by atoms with E-state index in [4.69, 9.17) is 4.74 Å². The Morgan fingerprint density at radius 2 is 1.86 bits per heavy atom. The van der Waals surface area contributed by atoms with E-state index < -0.39 is 39.2 Å². The Balaban J connectivity index is 1.98. The van der Waals surface area contributed by atoms with E-state index in [9.17, 15) is 26.4 Å². The van der Waals surface area contributed by atoms with Crippen LogP contribution in [0.1, 0.15) is 57.3 Å². The Kier molecular flexibility index (Phi) is 4.84. The number of nitrogens with zero attached hydrogens (tertiary/aromatic N) is 3. The summed E-state index contributed by atoms with van der Waals surface area (Å²) < 4.78 is 72.0. The van der Waals surface area contributed by atoms with Crippen molar-refractivity contribution in [2.24, 2.45) is 7.05 Å². The molecule has 0 radical (unpaired) electrons. The SMILES string of the molecule is Cn1nc2c(c1OS(=O)(=O)C(F)(F)F)CC1CCC[C@H]2N1C(=O)OC(C)(C)C. The van der Waals surface area contributed by atoms with Crippen LogP contribution in [0.3, 0.4) is 0 Å². The van der Waals surface area contributed by atoms with Gasteiger partial charge in [0.15, 0.2) is 0 Å². The normalized spacial score (nSPS) is 22.6. The molecule has 1 unspecified atom stereocenters. The minimum absolute atomic E-state index is 0.141. The molecule has 3 heterocycles. The first-order valence-electron chi connectivity index (χ1n) is 8.79. The summed E-state index contributed by atoms with van der Waals surface area (Å²) in [5.74, 6) is -0.465. The fourth-order valence-corrected chi connectivity index (χ4v) is 4.17. The molecule has 2 aliphatic heterocycles. The molecule has 8 nitrogen and oxygen atoms in total. The van der Waals surface area contributed by atoms with Crippen molar-refractivity contribution in [2.45, 2.75) is 69.6 Å². The molecule has 0 aliphatic carbocycles. The lowest BCUT2D eigenvalue weighted by Crippen LogP contribution is -2.51. The Labute approximate surface area is 160 Å². The van der Waals surface area contributed by atoms with E-state index in [1.807, 2.05) is 0 Å². The molecule has 2 atom stereocenters. The molecule has 28 heavy (non-hydrogen) atoms. The van der Waals surface area contributed by atoms with Gasteiger partial charge in [0, 0.05) is 25.1 Å². The monoisotopic (exact) mass is 425 g/mol. The fourth-order valence-electron chi connectivity index (χ4n) is 3.66. The Hall–Kier alpha value is -1.98. The third-order valence-electron chi connectivity index (χ3n) is 4.69. The second kappa shape index (κ2) is 6.53. The van der Waals surface area contributed by atoms with Crippen LogP contribution in [-0.4, -0.2) is 46.3 Å². The van der Waals surface area contributed by atoms with Crippen LogP contribution in [0.2, 0.25) is 0 Å². The molecular formula is C16H22F3N3O5S. The van der Waals surface area contributed by atoms with Gasteiger partial charge in [0.2, 0.25) is 5.88 Å². The zero-order chi connectivity index (χ0) is 21.1. The number of aromatic nitrogens is 2. The minimum Gasteiger partial charge on any atom is -0.444 e. The minimum atomic E-state index is -5.82. The summed E-state index contributed by atoms with van der Waals surface area (Å²) in [7, 11) is -4.51. The maximum Gasteiger partial charge on any atom is 0.534 e. The van der Waals surface area contributed by atoms with Gasteiger partial charge in [0.05, 0.1) is 11.7 Å². The van der Waals surface area contributed by atoms with Gasteiger partial charge in [0.1, 0.15) is 5.60 Å². The molecule has 158 valence electrons. The van der Waals surface area contributed by atoms with Gasteiger partial charge in [-0.15, -0.1) is 0 Å². The van der Waals surface area contributed by atoms with E-state index in [2.05, 4.69) is 9.28 Å². The molecule has 1 saturated heterocycles. The molecule has 0 spiro atoms. The summed E-state index contributed by atoms with van der Waals surface area (Å²) in [5.41, 5.74) is -5.62. The number of carbonyl (C=O) groups excluding carboxylic acids is 1. The van der Waals surface area contributed by atoms with Crippen molar-refractivity contribution in [1.82, 2.24) is 14.7 Å². The summed E-state index contributed by atoms with van der Waals surface area (Å²) in [4.78, 5) is 14.2. The zero-order valence-corrected chi connectivity index (χ0v) is 16.7. The summed E-state index contributed by atoms with van der Waals surface area (Å²) in [6, 6.07) is -0.837. The molecule has 1 aromatic rings. The lowest BCUT2D eigenvalue weighted by molar-refractivity contribution is -0.0502. The van der Waals surface area contributed by atoms with Gasteiger partial charge in [-0.3, -0.25) is 4.90 Å². The summed E-state index contributed by atoms with van der Waals surface area (Å²) in [6.07, 6.45) is 1.59. The standard InChI is InChI=1S/C16H22F3N3O5S/c1-15(2,3)26-14(23)22-9-6-5-7-11(22)12-10(8-9)13(21(4)20-12)27-28(24,25)16(17,18)19/h9,11H,5-8H2,1-4H3/t9?,11-/m1/s1. The molecule has 1 amide bonds. The lowest BCUT2D eigenvalue weighted by atomic mass is 9.84. The second-order valence-electron chi connectivity index (χ2n) is 7.97. The molecule has 1 aromatic heterocycles. The first-order valence-corrected chi connectivity index (χ1v) is 10.2. The highest BCUT2D eigenvalue weighted by Gasteiger charge is 2.51. The number of rotatable bonds is 2. The van der Waals surface area contributed by atoms with E-state index in [-0.39, 0.29) is 18.0 Å². The summed E-state index contributed by atoms with van der Waals surface area (Å²) in [6.45, 7) is 5.22. The van der Waals surface area contributed by atoms with Gasteiger partial charge in [-0.25, -0.2) is 9.48 Å². The highest BCUT2D eigenvalue weighted by Crippen LogP contribution is 2.45. The number of aryl methyl sites for hydroxylation is 1. The number of hydrogen-bond acceptors (Lipinski definition) is 6. The number of hydrogen-bond donors (Lipinski definition) is 0. The predicted molar refractivity (Wildman–Crippen MR) is 91.0 cm³/mol. The smallest absolute Gasteiger partial charge is 0.444 e. The van der Waals surface area contributed by atoms with Crippen molar-refractivity contribution in [3.8, 4) is 5.88 Å². The quantitative estimate of drug-likeness (QED) is 0.534. The first-order chi connectivity index (χ1) is 12.7. The molecule has 0 N–H and O–H groups in total. The van der Waals surface area contributed by atoms with Crippen LogP contribution in [0.4, 0.5) is 18.0 Å². The van der Waals surface area contributed by atoms with Crippen molar-refractivity contribution < 1.29 is 35.3 Å². The number of amides is 1. The highest BCUT2D eigenvalue weighted by atomic mass is 32.2. The van der Waals surface area contributed by atoms with Gasteiger partial charge >= 0.3 is 21.7 Å². The van der Waals surface area contributed by atoms with Crippen molar-refractivity contribution in [3.05, 3.63) is 11.3 Å². The molecule has 1 fully saturated rings.